The van der Waals surface area contributed by atoms with Crippen molar-refractivity contribution >= 4 is 23.3 Å². The summed E-state index contributed by atoms with van der Waals surface area (Å²) < 4.78 is 38.4. The molecule has 1 aromatic rings. The highest BCUT2D eigenvalue weighted by Crippen LogP contribution is 2.32. The Morgan fingerprint density at radius 2 is 2.00 bits per heavy atom. The summed E-state index contributed by atoms with van der Waals surface area (Å²) in [6, 6.07) is 3.28. The smallest absolute Gasteiger partial charge is 0.373 e. The van der Waals surface area contributed by atoms with Crippen LogP contribution in [0.4, 0.5) is 19.0 Å². The number of amides is 1. The van der Waals surface area contributed by atoms with Crippen LogP contribution >= 0.6 is 11.6 Å². The molecule has 1 N–H and O–H groups in total. The molecule has 5 nitrogen and oxygen atoms in total. The number of nitrogens with zero attached hydrogens (tertiary/aromatic N) is 3. The number of aliphatic hydroxyl groups is 1. The van der Waals surface area contributed by atoms with Gasteiger partial charge in [0.15, 0.2) is 0 Å². The molecule has 1 aromatic heterocycles. The van der Waals surface area contributed by atoms with E-state index >= 15 is 0 Å². The Labute approximate surface area is 136 Å². The van der Waals surface area contributed by atoms with Gasteiger partial charge >= 0.3 is 6.18 Å². The summed E-state index contributed by atoms with van der Waals surface area (Å²) in [5.74, 6) is -0.722. The molecule has 2 rings (SSSR count). The second kappa shape index (κ2) is 6.52. The minimum Gasteiger partial charge on any atom is -0.373 e. The molecule has 0 spiro atoms. The molecule has 1 atom stereocenters. The lowest BCUT2D eigenvalue weighted by Crippen LogP contribution is -2.56. The van der Waals surface area contributed by atoms with Gasteiger partial charge in [-0.3, -0.25) is 4.79 Å². The van der Waals surface area contributed by atoms with Gasteiger partial charge in [0, 0.05) is 37.4 Å². The highest BCUT2D eigenvalue weighted by molar-refractivity contribution is 6.30. The molecule has 1 aliphatic rings. The Balaban J connectivity index is 2.08. The Bertz CT molecular complexity index is 581. The van der Waals surface area contributed by atoms with Crippen LogP contribution in [0.1, 0.15) is 13.3 Å². The second-order valence-electron chi connectivity index (χ2n) is 5.54. The summed E-state index contributed by atoms with van der Waals surface area (Å²) in [7, 11) is 0. The fraction of sp³-hybridized carbons (Fsp3) is 0.571. The topological polar surface area (TPSA) is 56.7 Å². The van der Waals surface area contributed by atoms with Gasteiger partial charge in [-0.1, -0.05) is 11.6 Å². The van der Waals surface area contributed by atoms with E-state index in [0.717, 1.165) is 4.90 Å². The van der Waals surface area contributed by atoms with E-state index in [1.54, 1.807) is 18.3 Å². The molecule has 128 valence electrons. The maximum Gasteiger partial charge on any atom is 0.426 e. The molecule has 1 fully saturated rings. The molecule has 1 unspecified atom stereocenters. The van der Waals surface area contributed by atoms with Gasteiger partial charge in [-0.05, 0) is 25.5 Å². The molecule has 0 aliphatic carbocycles. The van der Waals surface area contributed by atoms with Gasteiger partial charge < -0.3 is 14.9 Å². The van der Waals surface area contributed by atoms with E-state index in [1.807, 2.05) is 4.90 Å². The van der Waals surface area contributed by atoms with Gasteiger partial charge in [-0.2, -0.15) is 13.2 Å². The number of hydrogen-bond donors (Lipinski definition) is 1. The summed E-state index contributed by atoms with van der Waals surface area (Å²) in [5, 5.41) is 10.0. The van der Waals surface area contributed by atoms with Crippen LogP contribution in [0, 0.1) is 0 Å². The Kier molecular flexibility index (Phi) is 5.05. The van der Waals surface area contributed by atoms with Crippen LogP contribution in [0.5, 0.6) is 0 Å². The van der Waals surface area contributed by atoms with Crippen molar-refractivity contribution in [2.75, 3.05) is 31.1 Å². The quantitative estimate of drug-likeness (QED) is 0.886. The van der Waals surface area contributed by atoms with Gasteiger partial charge in [0.05, 0.1) is 0 Å². The lowest BCUT2D eigenvalue weighted by atomic mass is 10.0. The van der Waals surface area contributed by atoms with Crippen LogP contribution in [0.25, 0.3) is 0 Å². The highest BCUT2D eigenvalue weighted by atomic mass is 35.5. The van der Waals surface area contributed by atoms with Gasteiger partial charge in [0.2, 0.25) is 5.60 Å². The van der Waals surface area contributed by atoms with Gasteiger partial charge in [0.1, 0.15) is 5.82 Å². The lowest BCUT2D eigenvalue weighted by molar-refractivity contribution is -0.250. The van der Waals surface area contributed by atoms with E-state index < -0.39 is 17.7 Å². The lowest BCUT2D eigenvalue weighted by Gasteiger charge is -2.31. The van der Waals surface area contributed by atoms with E-state index in [2.05, 4.69) is 4.98 Å². The Morgan fingerprint density at radius 1 is 1.30 bits per heavy atom. The van der Waals surface area contributed by atoms with Gasteiger partial charge in [0.25, 0.3) is 5.91 Å². The third-order valence-corrected chi connectivity index (χ3v) is 4.02. The molecule has 0 aromatic carbocycles. The molecule has 1 amide bonds. The van der Waals surface area contributed by atoms with E-state index in [-0.39, 0.29) is 13.1 Å². The van der Waals surface area contributed by atoms with E-state index in [0.29, 0.717) is 37.3 Å². The molecule has 1 saturated heterocycles. The summed E-state index contributed by atoms with van der Waals surface area (Å²) in [6.45, 7) is 1.54. The zero-order valence-corrected chi connectivity index (χ0v) is 13.2. The standard InChI is InChI=1S/C14H17ClF3N3O2/c1-13(23,14(16,17)18)12(22)21-6-2-5-20(7-8-21)11-9-10(15)3-4-19-11/h3-4,9,23H,2,5-8H2,1H3. The number of carbonyl (C=O) groups excluding carboxylic acids is 1. The van der Waals surface area contributed by atoms with Crippen molar-refractivity contribution in [2.45, 2.75) is 25.1 Å². The van der Waals surface area contributed by atoms with Crippen molar-refractivity contribution in [2.24, 2.45) is 0 Å². The van der Waals surface area contributed by atoms with Crippen molar-refractivity contribution < 1.29 is 23.1 Å². The first-order valence-electron chi connectivity index (χ1n) is 7.08. The number of hydrogen-bond acceptors (Lipinski definition) is 4. The van der Waals surface area contributed by atoms with Crippen molar-refractivity contribution in [1.82, 2.24) is 9.88 Å². The molecule has 23 heavy (non-hydrogen) atoms. The van der Waals surface area contributed by atoms with Crippen molar-refractivity contribution in [3.63, 3.8) is 0 Å². The average Bonchev–Trinajstić information content (AvgIpc) is 2.71. The fourth-order valence-corrected chi connectivity index (χ4v) is 2.50. The van der Waals surface area contributed by atoms with Gasteiger partial charge in [-0.15, -0.1) is 0 Å². The zero-order valence-electron chi connectivity index (χ0n) is 12.5. The zero-order chi connectivity index (χ0) is 17.3. The van der Waals surface area contributed by atoms with Crippen molar-refractivity contribution in [3.05, 3.63) is 23.4 Å². The Morgan fingerprint density at radius 3 is 2.61 bits per heavy atom. The fourth-order valence-electron chi connectivity index (χ4n) is 2.35. The summed E-state index contributed by atoms with van der Waals surface area (Å²) in [5.41, 5.74) is -3.38. The first-order chi connectivity index (χ1) is 10.6. The first-order valence-corrected chi connectivity index (χ1v) is 7.45. The predicted molar refractivity (Wildman–Crippen MR) is 79.3 cm³/mol. The summed E-state index contributed by atoms with van der Waals surface area (Å²) >= 11 is 5.90. The number of rotatable bonds is 2. The monoisotopic (exact) mass is 351 g/mol. The van der Waals surface area contributed by atoms with Crippen molar-refractivity contribution in [3.8, 4) is 0 Å². The molecule has 0 saturated carbocycles. The maximum absolute atomic E-state index is 12.8. The number of pyridine rings is 1. The van der Waals surface area contributed by atoms with Crippen molar-refractivity contribution in [1.29, 1.82) is 0 Å². The van der Waals surface area contributed by atoms with Crippen LogP contribution in [-0.4, -0.2) is 58.9 Å². The minimum atomic E-state index is -5.01. The molecule has 2 heterocycles. The first kappa shape index (κ1) is 17.8. The largest absolute Gasteiger partial charge is 0.426 e. The van der Waals surface area contributed by atoms with Crippen LogP contribution in [0.2, 0.25) is 5.02 Å². The molecular formula is C14H17ClF3N3O2. The molecule has 1 aliphatic heterocycles. The number of aromatic nitrogens is 1. The molecular weight excluding hydrogens is 335 g/mol. The Hall–Kier alpha value is -1.54. The van der Waals surface area contributed by atoms with E-state index in [9.17, 15) is 23.1 Å². The predicted octanol–water partition coefficient (Wildman–Crippen LogP) is 2.09. The second-order valence-corrected chi connectivity index (χ2v) is 5.97. The van der Waals surface area contributed by atoms with Crippen LogP contribution in [-0.2, 0) is 4.79 Å². The number of halogens is 4. The van der Waals surface area contributed by atoms with E-state index in [1.165, 1.54) is 0 Å². The third-order valence-electron chi connectivity index (χ3n) is 3.78. The maximum atomic E-state index is 12.8. The highest BCUT2D eigenvalue weighted by Gasteiger charge is 2.57. The molecule has 0 radical (unpaired) electrons. The number of carbonyl (C=O) groups is 1. The van der Waals surface area contributed by atoms with Crippen LogP contribution < -0.4 is 4.90 Å². The molecule has 0 bridgehead atoms. The van der Waals surface area contributed by atoms with Gasteiger partial charge in [-0.25, -0.2) is 4.98 Å². The summed E-state index contributed by atoms with van der Waals surface area (Å²) in [4.78, 5) is 19.1. The van der Waals surface area contributed by atoms with Crippen LogP contribution in [0.3, 0.4) is 0 Å². The SMILES string of the molecule is CC(O)(C(=O)N1CCCN(c2cc(Cl)ccn2)CC1)C(F)(F)F. The number of anilines is 1. The average molecular weight is 352 g/mol. The molecule has 9 heteroatoms. The van der Waals surface area contributed by atoms with E-state index in [4.69, 9.17) is 11.6 Å². The summed E-state index contributed by atoms with van der Waals surface area (Å²) in [6.07, 6.45) is -3.00. The van der Waals surface area contributed by atoms with Crippen LogP contribution in [0.15, 0.2) is 18.3 Å². The number of alkyl halides is 3. The third kappa shape index (κ3) is 3.87. The normalized spacial score (nSPS) is 19.2. The minimum absolute atomic E-state index is 0.0687.